The number of primary amides is 1. The number of hydrogen-bond acceptors (Lipinski definition) is 4. The Balaban J connectivity index is 1.70. The number of anilines is 1. The standard InChI is InChI=1S/C22H24ClN5O2/c1-14-19(15(2)28(27-14)13-17-6-3-4-9-20(17)23)11-25-18-8-5-7-16(10-18)22(30)26-12-21(24)29/h3-10,25H,11-13H2,1-2H3,(H2,24,29)(H,26,30). The molecule has 7 nitrogen and oxygen atoms in total. The number of halogens is 1. The van der Waals surface area contributed by atoms with Gasteiger partial charge in [-0.15, -0.1) is 0 Å². The van der Waals surface area contributed by atoms with Crippen LogP contribution in [0.5, 0.6) is 0 Å². The number of nitrogens with two attached hydrogens (primary N) is 1. The van der Waals surface area contributed by atoms with E-state index in [2.05, 4.69) is 15.7 Å². The molecule has 0 radical (unpaired) electrons. The SMILES string of the molecule is Cc1nn(Cc2ccccc2Cl)c(C)c1CNc1cccc(C(=O)NCC(N)=O)c1. The fourth-order valence-corrected chi connectivity index (χ4v) is 3.36. The third-order valence-corrected chi connectivity index (χ3v) is 5.20. The van der Waals surface area contributed by atoms with Crippen LogP contribution in [-0.4, -0.2) is 28.1 Å². The second-order valence-corrected chi connectivity index (χ2v) is 7.39. The number of nitrogens with one attached hydrogen (secondary N) is 2. The highest BCUT2D eigenvalue weighted by Gasteiger charge is 2.13. The molecule has 156 valence electrons. The summed E-state index contributed by atoms with van der Waals surface area (Å²) >= 11 is 6.28. The van der Waals surface area contributed by atoms with Gasteiger partial charge in [-0.3, -0.25) is 14.3 Å². The lowest BCUT2D eigenvalue weighted by Crippen LogP contribution is -2.33. The normalized spacial score (nSPS) is 10.6. The summed E-state index contributed by atoms with van der Waals surface area (Å²) in [5.74, 6) is -0.935. The molecule has 3 aromatic rings. The van der Waals surface area contributed by atoms with Crippen molar-refractivity contribution in [3.05, 3.63) is 81.6 Å². The van der Waals surface area contributed by atoms with E-state index in [9.17, 15) is 9.59 Å². The van der Waals surface area contributed by atoms with Crippen molar-refractivity contribution in [3.63, 3.8) is 0 Å². The average molecular weight is 426 g/mol. The molecule has 0 aliphatic carbocycles. The Hall–Kier alpha value is -3.32. The maximum Gasteiger partial charge on any atom is 0.251 e. The summed E-state index contributed by atoms with van der Waals surface area (Å²) in [5, 5.41) is 11.2. The molecule has 1 aromatic heterocycles. The molecular formula is C22H24ClN5O2. The Bertz CT molecular complexity index is 1080. The Kier molecular flexibility index (Phi) is 6.74. The Morgan fingerprint density at radius 3 is 2.63 bits per heavy atom. The van der Waals surface area contributed by atoms with Crippen molar-refractivity contribution >= 4 is 29.1 Å². The topological polar surface area (TPSA) is 102 Å². The number of rotatable bonds is 8. The van der Waals surface area contributed by atoms with Gasteiger partial charge in [0, 0.05) is 34.1 Å². The summed E-state index contributed by atoms with van der Waals surface area (Å²) in [7, 11) is 0. The lowest BCUT2D eigenvalue weighted by molar-refractivity contribution is -0.117. The van der Waals surface area contributed by atoms with Gasteiger partial charge in [0.25, 0.3) is 5.91 Å². The van der Waals surface area contributed by atoms with Crippen molar-refractivity contribution in [2.75, 3.05) is 11.9 Å². The molecule has 0 unspecified atom stereocenters. The monoisotopic (exact) mass is 425 g/mol. The summed E-state index contributed by atoms with van der Waals surface area (Å²) in [5.41, 5.74) is 10.4. The summed E-state index contributed by atoms with van der Waals surface area (Å²) in [4.78, 5) is 23.0. The van der Waals surface area contributed by atoms with Gasteiger partial charge in [-0.2, -0.15) is 5.10 Å². The molecular weight excluding hydrogens is 402 g/mol. The van der Waals surface area contributed by atoms with Crippen LogP contribution in [-0.2, 0) is 17.9 Å². The second kappa shape index (κ2) is 9.45. The quantitative estimate of drug-likeness (QED) is 0.516. The minimum Gasteiger partial charge on any atom is -0.381 e. The van der Waals surface area contributed by atoms with Gasteiger partial charge < -0.3 is 16.4 Å². The van der Waals surface area contributed by atoms with Crippen LogP contribution in [0, 0.1) is 13.8 Å². The zero-order valence-corrected chi connectivity index (χ0v) is 17.7. The van der Waals surface area contributed by atoms with Crippen molar-refractivity contribution in [1.29, 1.82) is 0 Å². The van der Waals surface area contributed by atoms with Crippen molar-refractivity contribution in [2.24, 2.45) is 5.73 Å². The maximum absolute atomic E-state index is 12.1. The van der Waals surface area contributed by atoms with Crippen LogP contribution in [0.15, 0.2) is 48.5 Å². The molecule has 4 N–H and O–H groups in total. The minimum atomic E-state index is -0.586. The fourth-order valence-electron chi connectivity index (χ4n) is 3.16. The molecule has 30 heavy (non-hydrogen) atoms. The third-order valence-electron chi connectivity index (χ3n) is 4.83. The Morgan fingerprint density at radius 1 is 1.13 bits per heavy atom. The Morgan fingerprint density at radius 2 is 1.90 bits per heavy atom. The zero-order valence-electron chi connectivity index (χ0n) is 16.9. The molecule has 0 spiro atoms. The van der Waals surface area contributed by atoms with Gasteiger partial charge >= 0.3 is 0 Å². The van der Waals surface area contributed by atoms with E-state index >= 15 is 0 Å². The molecule has 0 aliphatic heterocycles. The van der Waals surface area contributed by atoms with E-state index in [0.29, 0.717) is 18.7 Å². The van der Waals surface area contributed by atoms with E-state index in [4.69, 9.17) is 17.3 Å². The van der Waals surface area contributed by atoms with E-state index in [1.165, 1.54) is 0 Å². The first-order valence-corrected chi connectivity index (χ1v) is 9.89. The lowest BCUT2D eigenvalue weighted by atomic mass is 10.1. The van der Waals surface area contributed by atoms with Crippen LogP contribution in [0.3, 0.4) is 0 Å². The van der Waals surface area contributed by atoms with Crippen LogP contribution in [0.25, 0.3) is 0 Å². The summed E-state index contributed by atoms with van der Waals surface area (Å²) < 4.78 is 1.95. The number of amides is 2. The first-order valence-electron chi connectivity index (χ1n) is 9.52. The number of nitrogens with zero attached hydrogens (tertiary/aromatic N) is 2. The Labute approximate surface area is 180 Å². The van der Waals surface area contributed by atoms with Gasteiger partial charge in [0.05, 0.1) is 18.8 Å². The second-order valence-electron chi connectivity index (χ2n) is 6.98. The van der Waals surface area contributed by atoms with Crippen molar-refractivity contribution in [2.45, 2.75) is 26.9 Å². The van der Waals surface area contributed by atoms with Crippen LogP contribution in [0.4, 0.5) is 5.69 Å². The van der Waals surface area contributed by atoms with E-state index in [0.717, 1.165) is 33.2 Å². The molecule has 0 saturated carbocycles. The highest BCUT2D eigenvalue weighted by atomic mass is 35.5. The minimum absolute atomic E-state index is 0.195. The molecule has 2 amide bonds. The molecule has 1 heterocycles. The number of benzene rings is 2. The first kappa shape index (κ1) is 21.4. The summed E-state index contributed by atoms with van der Waals surface area (Å²) in [6.45, 7) is 4.97. The number of aromatic nitrogens is 2. The fraction of sp³-hybridized carbons (Fsp3) is 0.227. The van der Waals surface area contributed by atoms with Crippen LogP contribution < -0.4 is 16.4 Å². The van der Waals surface area contributed by atoms with Crippen LogP contribution in [0.1, 0.15) is 32.9 Å². The lowest BCUT2D eigenvalue weighted by Gasteiger charge is -2.10. The van der Waals surface area contributed by atoms with Gasteiger partial charge in [-0.25, -0.2) is 0 Å². The highest BCUT2D eigenvalue weighted by molar-refractivity contribution is 6.31. The number of hydrogen-bond donors (Lipinski definition) is 3. The number of carbonyl (C=O) groups is 2. The van der Waals surface area contributed by atoms with Crippen LogP contribution in [0.2, 0.25) is 5.02 Å². The van der Waals surface area contributed by atoms with Gasteiger partial charge in [0.1, 0.15) is 0 Å². The van der Waals surface area contributed by atoms with Gasteiger partial charge in [-0.1, -0.05) is 35.9 Å². The number of aryl methyl sites for hydroxylation is 1. The molecule has 0 bridgehead atoms. The predicted molar refractivity (Wildman–Crippen MR) is 118 cm³/mol. The first-order chi connectivity index (χ1) is 14.3. The van der Waals surface area contributed by atoms with Gasteiger partial charge in [-0.05, 0) is 43.7 Å². The molecule has 8 heteroatoms. The smallest absolute Gasteiger partial charge is 0.251 e. The summed E-state index contributed by atoms with van der Waals surface area (Å²) in [6.07, 6.45) is 0. The molecule has 0 saturated heterocycles. The van der Waals surface area contributed by atoms with Gasteiger partial charge in [0.2, 0.25) is 5.91 Å². The van der Waals surface area contributed by atoms with Crippen molar-refractivity contribution in [3.8, 4) is 0 Å². The molecule has 0 atom stereocenters. The number of carbonyl (C=O) groups excluding carboxylic acids is 2. The van der Waals surface area contributed by atoms with E-state index in [1.807, 2.05) is 48.9 Å². The largest absolute Gasteiger partial charge is 0.381 e. The van der Waals surface area contributed by atoms with Crippen LogP contribution >= 0.6 is 11.6 Å². The maximum atomic E-state index is 12.1. The van der Waals surface area contributed by atoms with E-state index in [-0.39, 0.29) is 12.5 Å². The zero-order chi connectivity index (χ0) is 21.7. The molecule has 0 fully saturated rings. The molecule has 3 rings (SSSR count). The summed E-state index contributed by atoms with van der Waals surface area (Å²) in [6, 6.07) is 14.8. The average Bonchev–Trinajstić information content (AvgIpc) is 2.99. The third kappa shape index (κ3) is 5.18. The molecule has 0 aliphatic rings. The van der Waals surface area contributed by atoms with Crippen molar-refractivity contribution in [1.82, 2.24) is 15.1 Å². The predicted octanol–water partition coefficient (Wildman–Crippen LogP) is 3.03. The molecule has 2 aromatic carbocycles. The van der Waals surface area contributed by atoms with Gasteiger partial charge in [0.15, 0.2) is 0 Å². The van der Waals surface area contributed by atoms with Crippen molar-refractivity contribution < 1.29 is 9.59 Å². The van der Waals surface area contributed by atoms with E-state index < -0.39 is 5.91 Å². The van der Waals surface area contributed by atoms with E-state index in [1.54, 1.807) is 18.2 Å². The highest BCUT2D eigenvalue weighted by Crippen LogP contribution is 2.21.